The van der Waals surface area contributed by atoms with Crippen LogP contribution in [0.15, 0.2) is 83.1 Å². The number of nitrogens with zero attached hydrogens (tertiary/aromatic N) is 8. The molecule has 2 unspecified atom stereocenters. The van der Waals surface area contributed by atoms with Crippen LogP contribution in [0.5, 0.6) is 5.75 Å². The number of piperidine rings is 1. The molecular weight excluding hydrogens is 907 g/mol. The summed E-state index contributed by atoms with van der Waals surface area (Å²) in [6.45, 7) is 11.9. The van der Waals surface area contributed by atoms with E-state index in [9.17, 15) is 19.8 Å². The summed E-state index contributed by atoms with van der Waals surface area (Å²) in [5.74, 6) is 1.15. The number of aliphatic hydroxyl groups excluding tert-OH is 1. The van der Waals surface area contributed by atoms with Gasteiger partial charge in [0.1, 0.15) is 28.3 Å². The Hall–Kier alpha value is -6.10. The lowest BCUT2D eigenvalue weighted by Crippen LogP contribution is -2.48. The number of para-hydroxylation sites is 1. The number of carbonyl (C=O) groups excluding carboxylic acids is 2. The zero-order chi connectivity index (χ0) is 47.9. The van der Waals surface area contributed by atoms with Gasteiger partial charge in [-0.15, -0.1) is 32.9 Å². The van der Waals surface area contributed by atoms with E-state index in [2.05, 4.69) is 43.5 Å². The number of nitrogens with one attached hydrogen (secondary N) is 1. The molecule has 10 rings (SSSR count). The molecule has 16 heteroatoms. The van der Waals surface area contributed by atoms with Crippen molar-refractivity contribution in [3.8, 4) is 27.4 Å². The van der Waals surface area contributed by atoms with Crippen LogP contribution < -0.4 is 10.2 Å². The van der Waals surface area contributed by atoms with Crippen LogP contribution in [-0.2, 0) is 9.59 Å². The molecule has 2 amide bonds. The number of anilines is 1. The molecule has 3 N–H and O–H groups in total. The van der Waals surface area contributed by atoms with Crippen LogP contribution in [-0.4, -0.2) is 89.0 Å². The van der Waals surface area contributed by atoms with Gasteiger partial charge in [0.25, 0.3) is 0 Å². The predicted molar refractivity (Wildman–Crippen MR) is 268 cm³/mol. The van der Waals surface area contributed by atoms with Crippen LogP contribution in [0.3, 0.4) is 0 Å². The maximum absolute atomic E-state index is 14.4. The van der Waals surface area contributed by atoms with E-state index >= 15 is 0 Å². The van der Waals surface area contributed by atoms with E-state index in [0.29, 0.717) is 28.9 Å². The third kappa shape index (κ3) is 9.50. The fraction of sp³-hybridized carbons (Fsp3) is 0.434. The number of phenolic OH excluding ortho intramolecular Hbond substituents is 1. The Balaban J connectivity index is 0.723. The van der Waals surface area contributed by atoms with Crippen LogP contribution in [0, 0.1) is 19.8 Å². The Morgan fingerprint density at radius 3 is 2.29 bits per heavy atom. The SMILES string of the molecule is Cc1ncsc1-c1ccc(C(C)NC(=O)[C@@H]2C[C@@H](O)CN2C(=O)C(c2cc(C3CCC(c4cnc(N5CCC(c6sc7nnc(-c8ccccc8O)cc7c6C)CC5)nc4)CC3)no2)C(C)C)cc1. The number of carbonyl (C=O) groups is 2. The van der Waals surface area contributed by atoms with Gasteiger partial charge in [0, 0.05) is 66.3 Å². The zero-order valence-electron chi connectivity index (χ0n) is 39.7. The molecule has 14 nitrogen and oxygen atoms in total. The quantitative estimate of drug-likeness (QED) is 0.106. The van der Waals surface area contributed by atoms with Crippen molar-refractivity contribution in [2.24, 2.45) is 5.92 Å². The van der Waals surface area contributed by atoms with E-state index in [-0.39, 0.29) is 48.4 Å². The van der Waals surface area contributed by atoms with Gasteiger partial charge in [-0.2, -0.15) is 0 Å². The number of phenols is 1. The lowest BCUT2D eigenvalue weighted by Gasteiger charge is -2.32. The number of benzene rings is 2. The summed E-state index contributed by atoms with van der Waals surface area (Å²) in [4.78, 5) is 49.5. The van der Waals surface area contributed by atoms with Gasteiger partial charge in [-0.3, -0.25) is 9.59 Å². The summed E-state index contributed by atoms with van der Waals surface area (Å²) >= 11 is 3.33. The first-order valence-corrected chi connectivity index (χ1v) is 26.0. The minimum absolute atomic E-state index is 0.0834. The molecule has 0 spiro atoms. The highest BCUT2D eigenvalue weighted by Gasteiger charge is 2.44. The highest BCUT2D eigenvalue weighted by molar-refractivity contribution is 7.19. The number of aliphatic hydroxyl groups is 1. The first-order valence-electron chi connectivity index (χ1n) is 24.3. The van der Waals surface area contributed by atoms with Crippen molar-refractivity contribution in [3.05, 3.63) is 117 Å². The molecule has 2 aromatic carbocycles. The predicted octanol–water partition coefficient (Wildman–Crippen LogP) is 9.99. The fourth-order valence-electron chi connectivity index (χ4n) is 10.8. The molecule has 4 atom stereocenters. The smallest absolute Gasteiger partial charge is 0.243 e. The number of likely N-dealkylation sites (tertiary alicyclic amines) is 1. The summed E-state index contributed by atoms with van der Waals surface area (Å²) < 4.78 is 5.97. The molecule has 0 bridgehead atoms. The number of aromatic nitrogens is 6. The standard InChI is InChI=1S/C53H59N9O5S2/c1-29(2)47(52(66)62-27-39(63)22-44(62)50(65)57-31(4)33-10-16-36(17-11-33)49-32(5)56-28-68-49)46-24-42(60-67-46)35-14-12-34(13-15-35)38-25-54-53(55-26-38)61-20-18-37(19-21-61)48-30(3)41-23-43(58-59-51(41)69-48)40-8-6-7-9-45(40)64/h6-11,16-17,23-26,28-29,31,34-35,37,39,44,47,63-64H,12-15,18-22,27H2,1-5H3,(H,57,65)/t31?,34?,35?,39-,44+,47?/m1/s1. The molecule has 2 aliphatic heterocycles. The average Bonchev–Trinajstić information content (AvgIpc) is 4.19. The van der Waals surface area contributed by atoms with Crippen LogP contribution in [0.4, 0.5) is 5.95 Å². The summed E-state index contributed by atoms with van der Waals surface area (Å²) in [6.07, 6.45) is 9.19. The normalized spacial score (nSPS) is 21.0. The summed E-state index contributed by atoms with van der Waals surface area (Å²) in [5.41, 5.74) is 9.47. The van der Waals surface area contributed by atoms with Gasteiger partial charge >= 0.3 is 0 Å². The van der Waals surface area contributed by atoms with E-state index in [0.717, 1.165) is 101 Å². The molecule has 7 aromatic rings. The third-order valence-electron chi connectivity index (χ3n) is 14.8. The molecule has 358 valence electrons. The maximum Gasteiger partial charge on any atom is 0.243 e. The molecule has 3 fully saturated rings. The van der Waals surface area contributed by atoms with E-state index in [1.807, 2.05) is 94.1 Å². The van der Waals surface area contributed by atoms with Gasteiger partial charge in [0.15, 0.2) is 0 Å². The number of aromatic hydroxyl groups is 1. The van der Waals surface area contributed by atoms with Gasteiger partial charge in [0.05, 0.1) is 39.6 Å². The van der Waals surface area contributed by atoms with Crippen molar-refractivity contribution in [3.63, 3.8) is 0 Å². The molecule has 1 saturated carbocycles. The number of β-amino-alcohol motifs (C(OH)–C–C–N with tert-alkyl or cyclic N) is 1. The zero-order valence-corrected chi connectivity index (χ0v) is 41.3. The number of aryl methyl sites for hydroxylation is 2. The van der Waals surface area contributed by atoms with Gasteiger partial charge < -0.3 is 29.9 Å². The molecule has 2 saturated heterocycles. The van der Waals surface area contributed by atoms with Crippen LogP contribution in [0.1, 0.15) is 134 Å². The molecule has 7 heterocycles. The van der Waals surface area contributed by atoms with Crippen molar-refractivity contribution in [2.75, 3.05) is 24.5 Å². The molecule has 1 aliphatic carbocycles. The van der Waals surface area contributed by atoms with Gasteiger partial charge in [-0.1, -0.05) is 55.4 Å². The van der Waals surface area contributed by atoms with Crippen LogP contribution >= 0.6 is 22.7 Å². The lowest BCUT2D eigenvalue weighted by atomic mass is 9.78. The number of rotatable bonds is 12. The molecular formula is C53H59N9O5S2. The fourth-order valence-corrected chi connectivity index (χ4v) is 12.9. The highest BCUT2D eigenvalue weighted by Crippen LogP contribution is 2.43. The number of hydrogen-bond acceptors (Lipinski definition) is 14. The van der Waals surface area contributed by atoms with Crippen LogP contribution in [0.2, 0.25) is 0 Å². The second kappa shape index (κ2) is 19.7. The Morgan fingerprint density at radius 1 is 0.870 bits per heavy atom. The summed E-state index contributed by atoms with van der Waals surface area (Å²) in [5, 5.41) is 38.9. The first-order chi connectivity index (χ1) is 33.4. The van der Waals surface area contributed by atoms with Crippen LogP contribution in [0.25, 0.3) is 31.9 Å². The Bertz CT molecular complexity index is 2930. The van der Waals surface area contributed by atoms with E-state index in [1.165, 1.54) is 15.3 Å². The van der Waals surface area contributed by atoms with Gasteiger partial charge in [0.2, 0.25) is 17.8 Å². The second-order valence-electron chi connectivity index (χ2n) is 19.6. The molecule has 5 aromatic heterocycles. The minimum atomic E-state index is -0.803. The Morgan fingerprint density at radius 2 is 1.59 bits per heavy atom. The van der Waals surface area contributed by atoms with E-state index < -0.39 is 18.1 Å². The van der Waals surface area contributed by atoms with Crippen molar-refractivity contribution < 1.29 is 24.3 Å². The first kappa shape index (κ1) is 46.6. The number of thiophene rings is 1. The molecule has 3 aliphatic rings. The third-order valence-corrected chi connectivity index (χ3v) is 17.1. The topological polar surface area (TPSA) is 184 Å². The number of amides is 2. The van der Waals surface area contributed by atoms with E-state index in [4.69, 9.17) is 14.5 Å². The minimum Gasteiger partial charge on any atom is -0.507 e. The largest absolute Gasteiger partial charge is 0.507 e. The van der Waals surface area contributed by atoms with Gasteiger partial charge in [-0.05, 0) is 118 Å². The van der Waals surface area contributed by atoms with Crippen molar-refractivity contribution in [1.82, 2.24) is 40.5 Å². The maximum atomic E-state index is 14.4. The Labute approximate surface area is 410 Å². The number of fused-ring (bicyclic) bond motifs is 1. The molecule has 0 radical (unpaired) electrons. The highest BCUT2D eigenvalue weighted by atomic mass is 32.1. The average molecular weight is 966 g/mol. The van der Waals surface area contributed by atoms with Gasteiger partial charge in [-0.25, -0.2) is 15.0 Å². The van der Waals surface area contributed by atoms with Crippen molar-refractivity contribution >= 4 is 50.7 Å². The number of hydrogen-bond donors (Lipinski definition) is 3. The summed E-state index contributed by atoms with van der Waals surface area (Å²) in [6, 6.07) is 18.2. The Kier molecular flexibility index (Phi) is 13.3. The number of thiazole rings is 1. The second-order valence-corrected chi connectivity index (χ2v) is 21.5. The monoisotopic (exact) mass is 965 g/mol. The van der Waals surface area contributed by atoms with Crippen molar-refractivity contribution in [1.29, 1.82) is 0 Å². The molecule has 69 heavy (non-hydrogen) atoms. The summed E-state index contributed by atoms with van der Waals surface area (Å²) in [7, 11) is 0. The van der Waals surface area contributed by atoms with E-state index in [1.54, 1.807) is 28.7 Å². The van der Waals surface area contributed by atoms with Crippen molar-refractivity contribution in [2.45, 2.75) is 121 Å². The lowest BCUT2D eigenvalue weighted by molar-refractivity contribution is -0.141.